The van der Waals surface area contributed by atoms with Gasteiger partial charge in [-0.3, -0.25) is 9.59 Å². The van der Waals surface area contributed by atoms with Gasteiger partial charge in [0, 0.05) is 17.6 Å². The molecule has 244 valence electrons. The van der Waals surface area contributed by atoms with Crippen LogP contribution in [0.4, 0.5) is 23.2 Å². The number of rotatable bonds is 8. The molecule has 2 unspecified atom stereocenters. The molecule has 0 aromatic heterocycles. The molecule has 5 aliphatic rings. The molecule has 0 spiro atoms. The van der Waals surface area contributed by atoms with Crippen LogP contribution >= 0.6 is 0 Å². The Balaban J connectivity index is 1.11. The molecule has 1 saturated heterocycles. The molecule has 3 aliphatic carbocycles. The lowest BCUT2D eigenvalue weighted by Gasteiger charge is -2.30. The number of fused-ring (bicyclic) bond motifs is 3. The number of nitrogens with one attached hydrogen (secondary N) is 2. The Kier molecular flexibility index (Phi) is 7.90. The van der Waals surface area contributed by atoms with Crippen LogP contribution < -0.4 is 15.4 Å². The summed E-state index contributed by atoms with van der Waals surface area (Å²) in [5.41, 5.74) is 0.423. The standard InChI is InChI=1S/C33H33F4N3O6/c1-43-26-9-4-17(13-45-32-23-14-44-15-27(23)46-40-32)11-22(26)30(41)39-29-20-7-6-19(21(20)10-16-2-3-16)28(29)31(42)38-18-5-8-25(34)24(12-18)33(35,36)37/h4-5,8-12,16,19-20,23,27-29H,2-3,6-7,13-15H2,1H3,(H,38,42)(H,39,41)/b21-10-/t19-,20+,23?,27?,28-,29+/m0/s1. The van der Waals surface area contributed by atoms with Crippen molar-refractivity contribution in [3.05, 3.63) is 70.6 Å². The Morgan fingerprint density at radius 1 is 1.04 bits per heavy atom. The zero-order valence-corrected chi connectivity index (χ0v) is 24.9. The topological polar surface area (TPSA) is 107 Å². The van der Waals surface area contributed by atoms with Crippen molar-refractivity contribution in [3.8, 4) is 5.75 Å². The number of ether oxygens (including phenoxy) is 3. The third kappa shape index (κ3) is 5.80. The van der Waals surface area contributed by atoms with Crippen LogP contribution in [0.25, 0.3) is 0 Å². The molecule has 2 N–H and O–H groups in total. The van der Waals surface area contributed by atoms with E-state index in [1.807, 2.05) is 0 Å². The zero-order valence-electron chi connectivity index (χ0n) is 24.9. The van der Waals surface area contributed by atoms with Crippen molar-refractivity contribution in [1.29, 1.82) is 0 Å². The third-order valence-corrected chi connectivity index (χ3v) is 9.61. The molecular weight excluding hydrogens is 610 g/mol. The molecule has 46 heavy (non-hydrogen) atoms. The van der Waals surface area contributed by atoms with E-state index in [9.17, 15) is 27.2 Å². The summed E-state index contributed by atoms with van der Waals surface area (Å²) >= 11 is 0. The van der Waals surface area contributed by atoms with E-state index in [1.54, 1.807) is 18.2 Å². The SMILES string of the molecule is COc1ccc(COC2=NOC3COCC23)cc1C(=O)N[C@H]1[C@@H](C(=O)Nc2ccc(F)c(C(F)(F)F)c2)[C@H]2CC[C@@H]1/C2=C\C1CC1. The molecule has 2 bridgehead atoms. The first-order valence-electron chi connectivity index (χ1n) is 15.4. The van der Waals surface area contributed by atoms with Gasteiger partial charge in [0.25, 0.3) is 5.91 Å². The second-order valence-corrected chi connectivity index (χ2v) is 12.5. The number of amides is 2. The minimum Gasteiger partial charge on any atom is -0.496 e. The Morgan fingerprint density at radius 3 is 2.61 bits per heavy atom. The smallest absolute Gasteiger partial charge is 0.419 e. The first-order chi connectivity index (χ1) is 22.1. The van der Waals surface area contributed by atoms with E-state index >= 15 is 0 Å². The number of methoxy groups -OCH3 is 1. The molecule has 2 aliphatic heterocycles. The quantitative estimate of drug-likeness (QED) is 0.293. The summed E-state index contributed by atoms with van der Waals surface area (Å²) in [4.78, 5) is 33.0. The average molecular weight is 644 g/mol. The average Bonchev–Trinajstić information content (AvgIpc) is 3.30. The van der Waals surface area contributed by atoms with Crippen LogP contribution in [0.1, 0.15) is 47.2 Å². The lowest BCUT2D eigenvalue weighted by atomic mass is 9.83. The summed E-state index contributed by atoms with van der Waals surface area (Å²) in [5.74, 6) is -2.26. The maximum Gasteiger partial charge on any atom is 0.419 e. The lowest BCUT2D eigenvalue weighted by Crippen LogP contribution is -2.48. The van der Waals surface area contributed by atoms with Crippen molar-refractivity contribution in [3.63, 3.8) is 0 Å². The predicted octanol–water partition coefficient (Wildman–Crippen LogP) is 5.46. The predicted molar refractivity (Wildman–Crippen MR) is 156 cm³/mol. The van der Waals surface area contributed by atoms with Crippen LogP contribution in [0, 0.1) is 35.4 Å². The molecule has 2 aromatic rings. The van der Waals surface area contributed by atoms with Crippen LogP contribution in [0.2, 0.25) is 0 Å². The van der Waals surface area contributed by atoms with Crippen LogP contribution in [0.5, 0.6) is 5.75 Å². The normalized spacial score (nSPS) is 28.9. The number of hydrogen-bond acceptors (Lipinski definition) is 7. The van der Waals surface area contributed by atoms with Gasteiger partial charge in [0.1, 0.15) is 24.1 Å². The lowest BCUT2D eigenvalue weighted by molar-refractivity contribution is -0.140. The van der Waals surface area contributed by atoms with Gasteiger partial charge in [-0.25, -0.2) is 4.39 Å². The minimum atomic E-state index is -4.92. The molecule has 2 aromatic carbocycles. The van der Waals surface area contributed by atoms with Crippen molar-refractivity contribution in [1.82, 2.24) is 5.32 Å². The molecule has 3 saturated carbocycles. The van der Waals surface area contributed by atoms with Gasteiger partial charge in [0.15, 0.2) is 6.10 Å². The monoisotopic (exact) mass is 643 g/mol. The fourth-order valence-electron chi connectivity index (χ4n) is 7.20. The molecule has 0 radical (unpaired) electrons. The molecule has 2 amide bonds. The number of alkyl halides is 3. The number of halogens is 4. The summed E-state index contributed by atoms with van der Waals surface area (Å²) in [5, 5.41) is 9.67. The van der Waals surface area contributed by atoms with Crippen LogP contribution in [-0.2, 0) is 31.9 Å². The van der Waals surface area contributed by atoms with Gasteiger partial charge in [0.05, 0.1) is 37.4 Å². The van der Waals surface area contributed by atoms with Crippen molar-refractivity contribution >= 4 is 23.4 Å². The molecule has 7 rings (SSSR count). The van der Waals surface area contributed by atoms with Gasteiger partial charge >= 0.3 is 6.18 Å². The number of nitrogens with zero attached hydrogens (tertiary/aromatic N) is 1. The van der Waals surface area contributed by atoms with Crippen LogP contribution in [0.15, 0.2) is 53.2 Å². The second kappa shape index (κ2) is 11.9. The highest BCUT2D eigenvalue weighted by Gasteiger charge is 2.55. The van der Waals surface area contributed by atoms with Crippen LogP contribution in [0.3, 0.4) is 0 Å². The second-order valence-electron chi connectivity index (χ2n) is 12.5. The summed E-state index contributed by atoms with van der Waals surface area (Å²) in [6.45, 7) is 1.03. The van der Waals surface area contributed by atoms with E-state index in [0.29, 0.717) is 48.5 Å². The minimum absolute atomic E-state index is 0.0743. The Hall–Kier alpha value is -4.13. The fraction of sp³-hybridized carbons (Fsp3) is 0.485. The van der Waals surface area contributed by atoms with E-state index in [1.165, 1.54) is 7.11 Å². The molecule has 2 heterocycles. The maximum absolute atomic E-state index is 13.9. The van der Waals surface area contributed by atoms with E-state index in [4.69, 9.17) is 19.0 Å². The first kappa shape index (κ1) is 30.5. The summed E-state index contributed by atoms with van der Waals surface area (Å²) in [6, 6.07) is 6.88. The van der Waals surface area contributed by atoms with Crippen molar-refractivity contribution in [2.75, 3.05) is 25.6 Å². The summed E-state index contributed by atoms with van der Waals surface area (Å²) < 4.78 is 70.8. The van der Waals surface area contributed by atoms with Gasteiger partial charge in [-0.05, 0) is 73.4 Å². The van der Waals surface area contributed by atoms with E-state index in [2.05, 4.69) is 21.9 Å². The number of anilines is 1. The summed E-state index contributed by atoms with van der Waals surface area (Å²) in [6.07, 6.45) is 0.750. The Labute approximate surface area is 262 Å². The molecule has 6 atom stereocenters. The number of allylic oxidation sites excluding steroid dienone is 1. The van der Waals surface area contributed by atoms with Crippen molar-refractivity contribution < 1.29 is 46.2 Å². The largest absolute Gasteiger partial charge is 0.496 e. The Bertz CT molecular complexity index is 1610. The number of carbonyl (C=O) groups excluding carboxylic acids is 2. The number of hydrogen-bond donors (Lipinski definition) is 2. The van der Waals surface area contributed by atoms with Gasteiger partial charge in [-0.2, -0.15) is 13.2 Å². The van der Waals surface area contributed by atoms with E-state index in [-0.39, 0.29) is 41.7 Å². The number of carbonyl (C=O) groups is 2. The van der Waals surface area contributed by atoms with Crippen molar-refractivity contribution in [2.45, 2.75) is 50.6 Å². The van der Waals surface area contributed by atoms with Gasteiger partial charge in [-0.1, -0.05) is 22.9 Å². The third-order valence-electron chi connectivity index (χ3n) is 9.61. The number of oxime groups is 1. The first-order valence-corrected chi connectivity index (χ1v) is 15.4. The highest BCUT2D eigenvalue weighted by atomic mass is 19.4. The molecule has 9 nitrogen and oxygen atoms in total. The zero-order chi connectivity index (χ0) is 32.2. The highest BCUT2D eigenvalue weighted by Crippen LogP contribution is 2.54. The summed E-state index contributed by atoms with van der Waals surface area (Å²) in [7, 11) is 1.45. The maximum atomic E-state index is 13.9. The van der Waals surface area contributed by atoms with Crippen LogP contribution in [-0.4, -0.2) is 50.2 Å². The van der Waals surface area contributed by atoms with E-state index < -0.39 is 41.3 Å². The number of benzene rings is 2. The van der Waals surface area contributed by atoms with E-state index in [0.717, 1.165) is 37.3 Å². The van der Waals surface area contributed by atoms with Gasteiger partial charge < -0.3 is 29.7 Å². The van der Waals surface area contributed by atoms with Crippen molar-refractivity contribution in [2.24, 2.45) is 34.7 Å². The molecule has 4 fully saturated rings. The van der Waals surface area contributed by atoms with Gasteiger partial charge in [-0.15, -0.1) is 0 Å². The highest BCUT2D eigenvalue weighted by molar-refractivity contribution is 5.99. The van der Waals surface area contributed by atoms with Gasteiger partial charge in [0.2, 0.25) is 11.8 Å². The Morgan fingerprint density at radius 2 is 1.85 bits per heavy atom. The molecular formula is C33H33F4N3O6. The fourth-order valence-corrected chi connectivity index (χ4v) is 7.20. The molecule has 13 heteroatoms.